The summed E-state index contributed by atoms with van der Waals surface area (Å²) in [6.07, 6.45) is 6.28. The van der Waals surface area contributed by atoms with Crippen LogP contribution in [0.5, 0.6) is 0 Å². The van der Waals surface area contributed by atoms with E-state index in [1.165, 1.54) is 29.5 Å². The predicted molar refractivity (Wildman–Crippen MR) is 101 cm³/mol. The van der Waals surface area contributed by atoms with Gasteiger partial charge in [0, 0.05) is 31.4 Å². The Morgan fingerprint density at radius 1 is 1.17 bits per heavy atom. The molecule has 2 unspecified atom stereocenters. The first-order valence-electron chi connectivity index (χ1n) is 9.30. The van der Waals surface area contributed by atoms with Crippen LogP contribution in [0.15, 0.2) is 23.9 Å². The van der Waals surface area contributed by atoms with Gasteiger partial charge in [0.15, 0.2) is 5.78 Å². The van der Waals surface area contributed by atoms with Crippen molar-refractivity contribution < 1.29 is 4.79 Å². The second-order valence-electron chi connectivity index (χ2n) is 8.73. The van der Waals surface area contributed by atoms with Gasteiger partial charge in [0.2, 0.25) is 0 Å². The van der Waals surface area contributed by atoms with Crippen LogP contribution in [0, 0.1) is 5.92 Å². The molecule has 0 heterocycles. The molecule has 0 amide bonds. The lowest BCUT2D eigenvalue weighted by molar-refractivity contribution is 0.102. The molecule has 0 saturated carbocycles. The number of benzene rings is 1. The fourth-order valence-electron chi connectivity index (χ4n) is 4.32. The van der Waals surface area contributed by atoms with Crippen molar-refractivity contribution in [3.8, 4) is 0 Å². The molecule has 0 aliphatic heterocycles. The summed E-state index contributed by atoms with van der Waals surface area (Å²) in [5.41, 5.74) is 6.18. The van der Waals surface area contributed by atoms with Crippen molar-refractivity contribution >= 4 is 5.78 Å². The molecule has 3 rings (SSSR count). The van der Waals surface area contributed by atoms with Gasteiger partial charge in [-0.15, -0.1) is 0 Å². The van der Waals surface area contributed by atoms with Crippen molar-refractivity contribution in [2.45, 2.75) is 64.7 Å². The van der Waals surface area contributed by atoms with Crippen molar-refractivity contribution in [2.75, 3.05) is 14.1 Å². The predicted octanol–water partition coefficient (Wildman–Crippen LogP) is 5.07. The number of ketones is 1. The van der Waals surface area contributed by atoms with Crippen LogP contribution in [0.4, 0.5) is 0 Å². The van der Waals surface area contributed by atoms with E-state index in [1.807, 2.05) is 25.2 Å². The van der Waals surface area contributed by atoms with E-state index in [1.54, 1.807) is 0 Å². The third kappa shape index (κ3) is 2.92. The topological polar surface area (TPSA) is 20.3 Å². The summed E-state index contributed by atoms with van der Waals surface area (Å²) < 4.78 is 0. The van der Waals surface area contributed by atoms with Crippen molar-refractivity contribution in [1.29, 1.82) is 0 Å². The Hall–Kier alpha value is -1.57. The standard InChI is InChI=1S/C22H31NO/c1-14-9-10-22(3,4)20-12-19-16(11-18(20)15(14)2)7-8-17(21(19)24)13-23(5)6/h11-15H,7-10H2,1-6H3/b17-13+. The Balaban J connectivity index is 2.14. The highest BCUT2D eigenvalue weighted by molar-refractivity contribution is 6.10. The largest absolute Gasteiger partial charge is 0.383 e. The van der Waals surface area contributed by atoms with Crippen LogP contribution in [0.25, 0.3) is 0 Å². The Labute approximate surface area is 146 Å². The van der Waals surface area contributed by atoms with Crippen LogP contribution in [-0.4, -0.2) is 24.8 Å². The van der Waals surface area contributed by atoms with Gasteiger partial charge in [0.1, 0.15) is 0 Å². The summed E-state index contributed by atoms with van der Waals surface area (Å²) in [5.74, 6) is 1.50. The highest BCUT2D eigenvalue weighted by Crippen LogP contribution is 2.45. The molecule has 2 heteroatoms. The van der Waals surface area contributed by atoms with Crippen LogP contribution in [-0.2, 0) is 11.8 Å². The van der Waals surface area contributed by atoms with Gasteiger partial charge in [-0.1, -0.05) is 33.8 Å². The zero-order chi connectivity index (χ0) is 17.6. The quantitative estimate of drug-likeness (QED) is 0.530. The number of hydrogen-bond donors (Lipinski definition) is 0. The van der Waals surface area contributed by atoms with Gasteiger partial charge in [0.25, 0.3) is 0 Å². The van der Waals surface area contributed by atoms with Crippen molar-refractivity contribution in [1.82, 2.24) is 4.90 Å². The lowest BCUT2D eigenvalue weighted by atomic mass is 9.75. The first kappa shape index (κ1) is 17.3. The van der Waals surface area contributed by atoms with Crippen LogP contribution >= 0.6 is 0 Å². The van der Waals surface area contributed by atoms with Gasteiger partial charge in [-0.3, -0.25) is 4.79 Å². The highest BCUT2D eigenvalue weighted by atomic mass is 16.1. The maximum atomic E-state index is 13.0. The Morgan fingerprint density at radius 3 is 2.54 bits per heavy atom. The minimum Gasteiger partial charge on any atom is -0.383 e. The van der Waals surface area contributed by atoms with Crippen LogP contribution in [0.1, 0.15) is 79.9 Å². The van der Waals surface area contributed by atoms with Crippen LogP contribution in [0.3, 0.4) is 0 Å². The number of aryl methyl sites for hydroxylation is 1. The van der Waals surface area contributed by atoms with Gasteiger partial charge < -0.3 is 4.90 Å². The molecular formula is C22H31NO. The molecule has 0 radical (unpaired) electrons. The molecule has 2 aliphatic carbocycles. The Morgan fingerprint density at radius 2 is 1.88 bits per heavy atom. The first-order valence-corrected chi connectivity index (χ1v) is 9.30. The van der Waals surface area contributed by atoms with Crippen molar-refractivity contribution in [3.63, 3.8) is 0 Å². The number of hydrogen-bond acceptors (Lipinski definition) is 2. The fourth-order valence-corrected chi connectivity index (χ4v) is 4.32. The summed E-state index contributed by atoms with van der Waals surface area (Å²) >= 11 is 0. The lowest BCUT2D eigenvalue weighted by Crippen LogP contribution is -2.22. The van der Waals surface area contributed by atoms with Gasteiger partial charge >= 0.3 is 0 Å². The van der Waals surface area contributed by atoms with Gasteiger partial charge in [-0.2, -0.15) is 0 Å². The normalized spacial score (nSPS) is 27.4. The minimum atomic E-state index is 0.145. The third-order valence-electron chi connectivity index (χ3n) is 6.19. The second-order valence-corrected chi connectivity index (χ2v) is 8.73. The summed E-state index contributed by atoms with van der Waals surface area (Å²) in [4.78, 5) is 15.0. The summed E-state index contributed by atoms with van der Waals surface area (Å²) in [5, 5.41) is 0. The highest BCUT2D eigenvalue weighted by Gasteiger charge is 2.34. The molecule has 1 aromatic rings. The zero-order valence-electron chi connectivity index (χ0n) is 16.1. The number of fused-ring (bicyclic) bond motifs is 2. The Bertz CT molecular complexity index is 696. The number of nitrogens with zero attached hydrogens (tertiary/aromatic N) is 1. The Kier molecular flexibility index (Phi) is 4.36. The molecular weight excluding hydrogens is 294 g/mol. The number of allylic oxidation sites excluding steroid dienone is 1. The van der Waals surface area contributed by atoms with E-state index in [-0.39, 0.29) is 11.2 Å². The molecule has 2 nitrogen and oxygen atoms in total. The molecule has 2 aliphatic rings. The lowest BCUT2D eigenvalue weighted by Gasteiger charge is -2.29. The summed E-state index contributed by atoms with van der Waals surface area (Å²) in [6, 6.07) is 4.60. The molecule has 0 fully saturated rings. The van der Waals surface area contributed by atoms with Gasteiger partial charge in [0.05, 0.1) is 0 Å². The third-order valence-corrected chi connectivity index (χ3v) is 6.19. The van der Waals surface area contributed by atoms with Crippen molar-refractivity contribution in [2.24, 2.45) is 5.92 Å². The molecule has 0 N–H and O–H groups in total. The van der Waals surface area contributed by atoms with Gasteiger partial charge in [-0.05, 0) is 65.7 Å². The molecule has 0 bridgehead atoms. The maximum Gasteiger partial charge on any atom is 0.190 e. The fraction of sp³-hybridized carbons (Fsp3) is 0.591. The maximum absolute atomic E-state index is 13.0. The zero-order valence-corrected chi connectivity index (χ0v) is 16.1. The molecule has 24 heavy (non-hydrogen) atoms. The number of carbonyl (C=O) groups is 1. The summed E-state index contributed by atoms with van der Waals surface area (Å²) in [7, 11) is 3.97. The van der Waals surface area contributed by atoms with E-state index in [4.69, 9.17) is 0 Å². The average Bonchev–Trinajstić information content (AvgIpc) is 2.60. The smallest absolute Gasteiger partial charge is 0.190 e. The molecule has 0 aromatic heterocycles. The van der Waals surface area contributed by atoms with E-state index in [9.17, 15) is 4.79 Å². The molecule has 130 valence electrons. The SMILES string of the molecule is CC1CCC(C)(C)c2cc3c(cc2C1C)CC/C(=C\N(C)C)C3=O. The molecule has 1 aromatic carbocycles. The molecule has 2 atom stereocenters. The first-order chi connectivity index (χ1) is 11.2. The number of rotatable bonds is 1. The molecule has 0 saturated heterocycles. The number of Topliss-reactive ketones (excluding diaryl/α,β-unsaturated/α-hetero) is 1. The number of carbonyl (C=O) groups excluding carboxylic acids is 1. The van der Waals surface area contributed by atoms with Gasteiger partial charge in [-0.25, -0.2) is 0 Å². The van der Waals surface area contributed by atoms with Crippen LogP contribution < -0.4 is 0 Å². The summed E-state index contributed by atoms with van der Waals surface area (Å²) in [6.45, 7) is 9.41. The monoisotopic (exact) mass is 325 g/mol. The van der Waals surface area contributed by atoms with E-state index >= 15 is 0 Å². The van der Waals surface area contributed by atoms with E-state index in [2.05, 4.69) is 39.8 Å². The van der Waals surface area contributed by atoms with E-state index < -0.39 is 0 Å². The minimum absolute atomic E-state index is 0.145. The van der Waals surface area contributed by atoms with Crippen molar-refractivity contribution in [3.05, 3.63) is 46.2 Å². The molecule has 0 spiro atoms. The van der Waals surface area contributed by atoms with E-state index in [0.29, 0.717) is 11.8 Å². The van der Waals surface area contributed by atoms with Crippen LogP contribution in [0.2, 0.25) is 0 Å². The average molecular weight is 325 g/mol. The van der Waals surface area contributed by atoms with E-state index in [0.717, 1.165) is 24.0 Å². The second kappa shape index (κ2) is 6.06.